The van der Waals surface area contributed by atoms with Crippen LogP contribution >= 0.6 is 11.6 Å². The summed E-state index contributed by atoms with van der Waals surface area (Å²) in [5.74, 6) is 0. The number of hydrogen-bond donors (Lipinski definition) is 1. The van der Waals surface area contributed by atoms with E-state index < -0.39 is 0 Å². The fraction of sp³-hybridized carbons (Fsp3) is 0.455. The molecular weight excluding hydrogens is 238 g/mol. The zero-order valence-electron chi connectivity index (χ0n) is 10.2. The van der Waals surface area contributed by atoms with Crippen LogP contribution in [0.5, 0.6) is 0 Å². The van der Waals surface area contributed by atoms with Crippen molar-refractivity contribution in [1.82, 2.24) is 24.9 Å². The van der Waals surface area contributed by atoms with Crippen LogP contribution in [0.15, 0.2) is 18.5 Å². The maximum Gasteiger partial charge on any atom is 0.0933 e. The van der Waals surface area contributed by atoms with Crippen LogP contribution in [0, 0.1) is 0 Å². The third-order valence-corrected chi connectivity index (χ3v) is 3.07. The summed E-state index contributed by atoms with van der Waals surface area (Å²) in [6.07, 6.45) is 3.45. The summed E-state index contributed by atoms with van der Waals surface area (Å²) >= 11 is 6.19. The first-order valence-corrected chi connectivity index (χ1v) is 5.91. The number of nitrogens with zero attached hydrogens (tertiary/aromatic N) is 4. The molecule has 2 aromatic heterocycles. The molecule has 92 valence electrons. The molecule has 2 heterocycles. The van der Waals surface area contributed by atoms with Gasteiger partial charge in [-0.25, -0.2) is 0 Å². The van der Waals surface area contributed by atoms with E-state index in [0.717, 1.165) is 17.9 Å². The van der Waals surface area contributed by atoms with Crippen molar-refractivity contribution < 1.29 is 0 Å². The molecule has 0 aliphatic carbocycles. The highest BCUT2D eigenvalue weighted by Crippen LogP contribution is 2.27. The second-order valence-corrected chi connectivity index (χ2v) is 4.28. The van der Waals surface area contributed by atoms with Gasteiger partial charge in [-0.15, -0.1) is 0 Å². The zero-order chi connectivity index (χ0) is 12.4. The molecule has 5 nitrogen and oxygen atoms in total. The molecule has 1 unspecified atom stereocenters. The van der Waals surface area contributed by atoms with Crippen molar-refractivity contribution in [2.75, 3.05) is 6.54 Å². The lowest BCUT2D eigenvalue weighted by Crippen LogP contribution is -2.26. The minimum atomic E-state index is 0.00694. The van der Waals surface area contributed by atoms with Gasteiger partial charge in [0.2, 0.25) is 0 Å². The van der Waals surface area contributed by atoms with E-state index in [-0.39, 0.29) is 6.04 Å². The van der Waals surface area contributed by atoms with E-state index in [4.69, 9.17) is 11.6 Å². The predicted molar refractivity (Wildman–Crippen MR) is 66.9 cm³/mol. The van der Waals surface area contributed by atoms with E-state index in [0.29, 0.717) is 5.02 Å². The van der Waals surface area contributed by atoms with Crippen molar-refractivity contribution in [1.29, 1.82) is 0 Å². The van der Waals surface area contributed by atoms with Gasteiger partial charge in [0, 0.05) is 20.3 Å². The number of aromatic nitrogens is 4. The second-order valence-electron chi connectivity index (χ2n) is 3.87. The first kappa shape index (κ1) is 12.1. The van der Waals surface area contributed by atoms with E-state index >= 15 is 0 Å². The Morgan fingerprint density at radius 1 is 1.35 bits per heavy atom. The quantitative estimate of drug-likeness (QED) is 0.899. The smallest absolute Gasteiger partial charge is 0.0933 e. The highest BCUT2D eigenvalue weighted by molar-refractivity contribution is 6.31. The molecule has 0 aliphatic heterocycles. The molecule has 0 saturated heterocycles. The van der Waals surface area contributed by atoms with Gasteiger partial charge in [0.1, 0.15) is 0 Å². The first-order valence-electron chi connectivity index (χ1n) is 5.53. The molecular formula is C11H16ClN5. The molecule has 0 bridgehead atoms. The molecule has 0 aromatic carbocycles. The molecule has 17 heavy (non-hydrogen) atoms. The van der Waals surface area contributed by atoms with Crippen LogP contribution in [0.1, 0.15) is 24.4 Å². The second kappa shape index (κ2) is 4.89. The maximum atomic E-state index is 6.19. The summed E-state index contributed by atoms with van der Waals surface area (Å²) in [6, 6.07) is 1.99. The van der Waals surface area contributed by atoms with Gasteiger partial charge in [-0.05, 0) is 12.6 Å². The van der Waals surface area contributed by atoms with Crippen LogP contribution in [0.25, 0.3) is 0 Å². The Hall–Kier alpha value is -1.33. The van der Waals surface area contributed by atoms with Crippen LogP contribution in [0.4, 0.5) is 0 Å². The van der Waals surface area contributed by atoms with Crippen LogP contribution in [0.2, 0.25) is 5.02 Å². The summed E-state index contributed by atoms with van der Waals surface area (Å²) in [6.45, 7) is 2.91. The Morgan fingerprint density at radius 2 is 2.12 bits per heavy atom. The SMILES string of the molecule is CCNC(c1ccnn1C)c1c(Cl)cnn1C. The van der Waals surface area contributed by atoms with E-state index in [1.54, 1.807) is 17.1 Å². The Labute approximate surface area is 105 Å². The monoisotopic (exact) mass is 253 g/mol. The molecule has 1 N–H and O–H groups in total. The van der Waals surface area contributed by atoms with E-state index in [1.807, 2.05) is 24.8 Å². The minimum Gasteiger partial charge on any atom is -0.304 e. The molecule has 2 aromatic rings. The molecule has 0 aliphatic rings. The number of hydrogen-bond acceptors (Lipinski definition) is 3. The fourth-order valence-electron chi connectivity index (χ4n) is 1.96. The molecule has 0 amide bonds. The van der Waals surface area contributed by atoms with E-state index in [9.17, 15) is 0 Å². The average molecular weight is 254 g/mol. The molecule has 0 radical (unpaired) electrons. The Bertz CT molecular complexity index is 482. The molecule has 0 fully saturated rings. The number of nitrogens with one attached hydrogen (secondary N) is 1. The molecule has 0 spiro atoms. The normalized spacial score (nSPS) is 12.9. The Morgan fingerprint density at radius 3 is 2.59 bits per heavy atom. The maximum absolute atomic E-state index is 6.19. The predicted octanol–water partition coefficient (Wildman–Crippen LogP) is 1.51. The van der Waals surface area contributed by atoms with Crippen LogP contribution in [-0.4, -0.2) is 26.1 Å². The van der Waals surface area contributed by atoms with Crippen molar-refractivity contribution in [2.24, 2.45) is 14.1 Å². The third-order valence-electron chi connectivity index (χ3n) is 2.77. The van der Waals surface area contributed by atoms with Crippen LogP contribution in [0.3, 0.4) is 0 Å². The van der Waals surface area contributed by atoms with Gasteiger partial charge in [0.25, 0.3) is 0 Å². The highest BCUT2D eigenvalue weighted by Gasteiger charge is 2.22. The minimum absolute atomic E-state index is 0.00694. The van der Waals surface area contributed by atoms with Gasteiger partial charge < -0.3 is 5.32 Å². The number of halogens is 1. The van der Waals surface area contributed by atoms with Crippen molar-refractivity contribution >= 4 is 11.6 Å². The third kappa shape index (κ3) is 2.21. The lowest BCUT2D eigenvalue weighted by atomic mass is 10.1. The Kier molecular flexibility index (Phi) is 3.49. The summed E-state index contributed by atoms with van der Waals surface area (Å²) in [5, 5.41) is 12.4. The standard InChI is InChI=1S/C11H16ClN5/c1-4-13-10(9-5-6-14-16(9)2)11-8(12)7-15-17(11)3/h5-7,10,13H,4H2,1-3H3. The van der Waals surface area contributed by atoms with Crippen molar-refractivity contribution in [3.63, 3.8) is 0 Å². The fourth-order valence-corrected chi connectivity index (χ4v) is 2.23. The van der Waals surface area contributed by atoms with Crippen molar-refractivity contribution in [2.45, 2.75) is 13.0 Å². The zero-order valence-corrected chi connectivity index (χ0v) is 10.9. The van der Waals surface area contributed by atoms with Gasteiger partial charge in [-0.3, -0.25) is 9.36 Å². The van der Waals surface area contributed by atoms with Gasteiger partial charge >= 0.3 is 0 Å². The van der Waals surface area contributed by atoms with Gasteiger partial charge in [-0.2, -0.15) is 10.2 Å². The Balaban J connectivity index is 2.46. The number of aryl methyl sites for hydroxylation is 2. The van der Waals surface area contributed by atoms with Gasteiger partial charge in [-0.1, -0.05) is 18.5 Å². The summed E-state index contributed by atoms with van der Waals surface area (Å²) < 4.78 is 3.64. The summed E-state index contributed by atoms with van der Waals surface area (Å²) in [5.41, 5.74) is 2.02. The number of rotatable bonds is 4. The van der Waals surface area contributed by atoms with Crippen molar-refractivity contribution in [3.05, 3.63) is 34.9 Å². The molecule has 0 saturated carbocycles. The van der Waals surface area contributed by atoms with Gasteiger partial charge in [0.15, 0.2) is 0 Å². The van der Waals surface area contributed by atoms with Crippen molar-refractivity contribution in [3.8, 4) is 0 Å². The van der Waals surface area contributed by atoms with Gasteiger partial charge in [0.05, 0.1) is 28.6 Å². The lowest BCUT2D eigenvalue weighted by Gasteiger charge is -2.19. The van der Waals surface area contributed by atoms with E-state index in [2.05, 4.69) is 22.4 Å². The van der Waals surface area contributed by atoms with E-state index in [1.165, 1.54) is 0 Å². The average Bonchev–Trinajstić information content (AvgIpc) is 2.84. The molecule has 1 atom stereocenters. The summed E-state index contributed by atoms with van der Waals surface area (Å²) in [4.78, 5) is 0. The largest absolute Gasteiger partial charge is 0.304 e. The highest BCUT2D eigenvalue weighted by atomic mass is 35.5. The molecule has 6 heteroatoms. The lowest BCUT2D eigenvalue weighted by molar-refractivity contribution is 0.534. The van der Waals surface area contributed by atoms with Crippen LogP contribution in [-0.2, 0) is 14.1 Å². The summed E-state index contributed by atoms with van der Waals surface area (Å²) in [7, 11) is 3.81. The topological polar surface area (TPSA) is 47.7 Å². The molecule has 2 rings (SSSR count). The first-order chi connectivity index (χ1) is 8.15. The van der Waals surface area contributed by atoms with Crippen LogP contribution < -0.4 is 5.32 Å².